The zero-order chi connectivity index (χ0) is 14.7. The zero-order valence-electron chi connectivity index (χ0n) is 12.4. The molecule has 2 heterocycles. The van der Waals surface area contributed by atoms with Crippen LogP contribution in [0.1, 0.15) is 24.8 Å². The fourth-order valence-corrected chi connectivity index (χ4v) is 3.74. The van der Waals surface area contributed by atoms with E-state index in [1.807, 2.05) is 6.07 Å². The Kier molecular flexibility index (Phi) is 4.84. The summed E-state index contributed by atoms with van der Waals surface area (Å²) in [5.41, 5.74) is 1.22. The third-order valence-electron chi connectivity index (χ3n) is 4.37. The van der Waals surface area contributed by atoms with Gasteiger partial charge in [-0.05, 0) is 46.5 Å². The molecule has 0 bridgehead atoms. The average Bonchev–Trinajstić information content (AvgIpc) is 2.93. The van der Waals surface area contributed by atoms with Crippen LogP contribution in [0, 0.1) is 0 Å². The molecule has 1 N–H and O–H groups in total. The van der Waals surface area contributed by atoms with E-state index in [1.165, 1.54) is 5.56 Å². The standard InChI is InChI=1S/C16H22BrNO3/c1-19-15-3-2-12(8-14(15)17)10-18-13-4-6-21-16(9-13)5-7-20-11-16/h2-3,8,13,18H,4-7,9-11H2,1H3/t13-,16-/m1/s1. The first-order chi connectivity index (χ1) is 10.2. The second kappa shape index (κ2) is 6.65. The molecule has 2 saturated heterocycles. The van der Waals surface area contributed by atoms with Crippen LogP contribution in [0.2, 0.25) is 0 Å². The quantitative estimate of drug-likeness (QED) is 0.901. The van der Waals surface area contributed by atoms with Crippen LogP contribution in [0.25, 0.3) is 0 Å². The number of hydrogen-bond donors (Lipinski definition) is 1. The molecule has 2 fully saturated rings. The highest BCUT2D eigenvalue weighted by Crippen LogP contribution is 2.33. The van der Waals surface area contributed by atoms with Crippen LogP contribution < -0.4 is 10.1 Å². The Bertz CT molecular complexity index is 488. The van der Waals surface area contributed by atoms with Gasteiger partial charge in [0, 0.05) is 32.2 Å². The second-order valence-electron chi connectivity index (χ2n) is 5.87. The van der Waals surface area contributed by atoms with Gasteiger partial charge in [0.2, 0.25) is 0 Å². The van der Waals surface area contributed by atoms with Crippen molar-refractivity contribution in [1.29, 1.82) is 0 Å². The Morgan fingerprint density at radius 3 is 3.05 bits per heavy atom. The minimum atomic E-state index is -0.0313. The normalized spacial score (nSPS) is 29.0. The largest absolute Gasteiger partial charge is 0.496 e. The number of rotatable bonds is 4. The summed E-state index contributed by atoms with van der Waals surface area (Å²) in [5, 5.41) is 3.66. The molecule has 3 rings (SSSR count). The maximum Gasteiger partial charge on any atom is 0.133 e. The van der Waals surface area contributed by atoms with Crippen molar-refractivity contribution in [2.24, 2.45) is 0 Å². The number of methoxy groups -OCH3 is 1. The van der Waals surface area contributed by atoms with Crippen molar-refractivity contribution in [1.82, 2.24) is 5.32 Å². The van der Waals surface area contributed by atoms with E-state index < -0.39 is 0 Å². The van der Waals surface area contributed by atoms with Crippen LogP contribution in [-0.2, 0) is 16.0 Å². The fourth-order valence-electron chi connectivity index (χ4n) is 3.15. The van der Waals surface area contributed by atoms with E-state index in [9.17, 15) is 0 Å². The molecule has 116 valence electrons. The third-order valence-corrected chi connectivity index (χ3v) is 4.99. The number of hydrogen-bond acceptors (Lipinski definition) is 4. The molecule has 21 heavy (non-hydrogen) atoms. The molecule has 2 aliphatic rings. The van der Waals surface area contributed by atoms with Gasteiger partial charge in [-0.1, -0.05) is 6.07 Å². The van der Waals surface area contributed by atoms with Crippen molar-refractivity contribution in [2.45, 2.75) is 37.5 Å². The molecule has 0 aromatic heterocycles. The average molecular weight is 356 g/mol. The first-order valence-corrected chi connectivity index (χ1v) is 8.28. The van der Waals surface area contributed by atoms with Crippen molar-refractivity contribution < 1.29 is 14.2 Å². The highest BCUT2D eigenvalue weighted by molar-refractivity contribution is 9.10. The SMILES string of the molecule is COc1ccc(CN[C@@H]2CCO[C@]3(CCOC3)C2)cc1Br. The second-order valence-corrected chi connectivity index (χ2v) is 6.73. The van der Waals surface area contributed by atoms with Gasteiger partial charge >= 0.3 is 0 Å². The van der Waals surface area contributed by atoms with E-state index in [0.29, 0.717) is 6.04 Å². The number of halogens is 1. The first kappa shape index (κ1) is 15.3. The van der Waals surface area contributed by atoms with Crippen molar-refractivity contribution in [2.75, 3.05) is 26.9 Å². The molecule has 0 amide bonds. The zero-order valence-corrected chi connectivity index (χ0v) is 13.9. The van der Waals surface area contributed by atoms with Gasteiger partial charge in [-0.15, -0.1) is 0 Å². The Morgan fingerprint density at radius 2 is 2.33 bits per heavy atom. The molecule has 2 aliphatic heterocycles. The van der Waals surface area contributed by atoms with E-state index >= 15 is 0 Å². The van der Waals surface area contributed by atoms with Crippen molar-refractivity contribution in [3.05, 3.63) is 28.2 Å². The van der Waals surface area contributed by atoms with Crippen LogP contribution in [0.5, 0.6) is 5.75 Å². The molecule has 2 atom stereocenters. The number of nitrogens with one attached hydrogen (secondary N) is 1. The molecule has 0 radical (unpaired) electrons. The highest BCUT2D eigenvalue weighted by Gasteiger charge is 2.40. The maximum absolute atomic E-state index is 5.97. The molecule has 1 aromatic rings. The third kappa shape index (κ3) is 3.59. The Morgan fingerprint density at radius 1 is 1.43 bits per heavy atom. The summed E-state index contributed by atoms with van der Waals surface area (Å²) in [6.45, 7) is 3.27. The van der Waals surface area contributed by atoms with Crippen LogP contribution in [-0.4, -0.2) is 38.6 Å². The Labute approximate surface area is 134 Å². The van der Waals surface area contributed by atoms with Gasteiger partial charge in [0.15, 0.2) is 0 Å². The molecule has 1 aromatic carbocycles. The first-order valence-electron chi connectivity index (χ1n) is 7.48. The van der Waals surface area contributed by atoms with Gasteiger partial charge in [0.1, 0.15) is 5.75 Å². The minimum Gasteiger partial charge on any atom is -0.496 e. The Balaban J connectivity index is 1.56. The van der Waals surface area contributed by atoms with Crippen molar-refractivity contribution in [3.8, 4) is 5.75 Å². The summed E-state index contributed by atoms with van der Waals surface area (Å²) >= 11 is 3.53. The fraction of sp³-hybridized carbons (Fsp3) is 0.625. The van der Waals surface area contributed by atoms with Crippen LogP contribution in [0.4, 0.5) is 0 Å². The minimum absolute atomic E-state index is 0.0313. The molecular weight excluding hydrogens is 334 g/mol. The molecule has 0 saturated carbocycles. The van der Waals surface area contributed by atoms with Crippen molar-refractivity contribution in [3.63, 3.8) is 0 Å². The summed E-state index contributed by atoms with van der Waals surface area (Å²) < 4.78 is 17.7. The lowest BCUT2D eigenvalue weighted by molar-refractivity contribution is -0.0894. The van der Waals surface area contributed by atoms with Crippen molar-refractivity contribution >= 4 is 15.9 Å². The van der Waals surface area contributed by atoms with E-state index in [4.69, 9.17) is 14.2 Å². The van der Waals surface area contributed by atoms with Gasteiger partial charge in [-0.2, -0.15) is 0 Å². The summed E-state index contributed by atoms with van der Waals surface area (Å²) in [7, 11) is 1.68. The molecule has 0 aliphatic carbocycles. The lowest BCUT2D eigenvalue weighted by Crippen LogP contribution is -2.47. The van der Waals surface area contributed by atoms with Gasteiger partial charge in [-0.3, -0.25) is 0 Å². The maximum atomic E-state index is 5.97. The van der Waals surface area contributed by atoms with Gasteiger partial charge in [-0.25, -0.2) is 0 Å². The number of ether oxygens (including phenoxy) is 3. The predicted octanol–water partition coefficient (Wildman–Crippen LogP) is 2.89. The predicted molar refractivity (Wildman–Crippen MR) is 84.7 cm³/mol. The lowest BCUT2D eigenvalue weighted by atomic mass is 9.89. The van der Waals surface area contributed by atoms with Crippen LogP contribution in [0.15, 0.2) is 22.7 Å². The lowest BCUT2D eigenvalue weighted by Gasteiger charge is -2.37. The van der Waals surface area contributed by atoms with Gasteiger partial charge in [0.25, 0.3) is 0 Å². The molecular formula is C16H22BrNO3. The monoisotopic (exact) mass is 355 g/mol. The summed E-state index contributed by atoms with van der Waals surface area (Å²) in [6.07, 6.45) is 3.14. The van der Waals surface area contributed by atoms with E-state index in [2.05, 4.69) is 33.4 Å². The Hall–Kier alpha value is -0.620. The van der Waals surface area contributed by atoms with Crippen LogP contribution in [0.3, 0.4) is 0 Å². The molecule has 4 nitrogen and oxygen atoms in total. The van der Waals surface area contributed by atoms with E-state index in [1.54, 1.807) is 7.11 Å². The topological polar surface area (TPSA) is 39.7 Å². The van der Waals surface area contributed by atoms with Gasteiger partial charge < -0.3 is 19.5 Å². The molecule has 5 heteroatoms. The summed E-state index contributed by atoms with van der Waals surface area (Å²) in [4.78, 5) is 0. The molecule has 0 unspecified atom stereocenters. The molecule has 1 spiro atoms. The van der Waals surface area contributed by atoms with E-state index in [-0.39, 0.29) is 5.60 Å². The highest BCUT2D eigenvalue weighted by atomic mass is 79.9. The van der Waals surface area contributed by atoms with Gasteiger partial charge in [0.05, 0.1) is 23.8 Å². The van der Waals surface area contributed by atoms with Crippen LogP contribution >= 0.6 is 15.9 Å². The summed E-state index contributed by atoms with van der Waals surface area (Å²) in [5.74, 6) is 0.867. The smallest absolute Gasteiger partial charge is 0.133 e. The van der Waals surface area contributed by atoms with E-state index in [0.717, 1.165) is 55.9 Å². The number of benzene rings is 1. The summed E-state index contributed by atoms with van der Waals surface area (Å²) in [6, 6.07) is 6.71.